The third kappa shape index (κ3) is 4.58. The summed E-state index contributed by atoms with van der Waals surface area (Å²) in [5.41, 5.74) is 2.07. The van der Waals surface area contributed by atoms with E-state index in [-0.39, 0.29) is 11.0 Å². The van der Waals surface area contributed by atoms with Crippen molar-refractivity contribution in [2.45, 2.75) is 50.0 Å². The predicted octanol–water partition coefficient (Wildman–Crippen LogP) is 3.80. The number of aromatic nitrogens is 1. The van der Waals surface area contributed by atoms with Crippen LogP contribution in [0.3, 0.4) is 0 Å². The Morgan fingerprint density at radius 3 is 2.61 bits per heavy atom. The fraction of sp³-hybridized carbons (Fsp3) is 0.360. The molecular weight excluding hydrogens is 440 g/mol. The molecule has 0 bridgehead atoms. The van der Waals surface area contributed by atoms with Crippen molar-refractivity contribution in [2.24, 2.45) is 0 Å². The summed E-state index contributed by atoms with van der Waals surface area (Å²) in [6, 6.07) is 14.0. The largest absolute Gasteiger partial charge is 0.488 e. The number of nitrogens with one attached hydrogen (secondary N) is 1. The van der Waals surface area contributed by atoms with Crippen molar-refractivity contribution in [2.75, 3.05) is 13.7 Å². The molecule has 0 saturated heterocycles. The summed E-state index contributed by atoms with van der Waals surface area (Å²) >= 11 is 0. The highest BCUT2D eigenvalue weighted by Gasteiger charge is 2.54. The number of benzene rings is 2. The number of hydrogen-bond donors (Lipinski definition) is 1. The number of rotatable bonds is 8. The Balaban J connectivity index is 1.67. The topological polar surface area (TPSA) is 94.6 Å². The number of carbonyl (C=O) groups excluding carboxylic acids is 1. The average Bonchev–Trinajstić information content (AvgIpc) is 3.56. The van der Waals surface area contributed by atoms with Crippen LogP contribution in [0.5, 0.6) is 5.75 Å². The van der Waals surface area contributed by atoms with Crippen LogP contribution in [0.1, 0.15) is 36.6 Å². The van der Waals surface area contributed by atoms with Gasteiger partial charge in [0, 0.05) is 23.8 Å². The molecule has 0 aliphatic heterocycles. The summed E-state index contributed by atoms with van der Waals surface area (Å²) < 4.78 is 40.0. The molecule has 1 heterocycles. The standard InChI is InChI=1S/C25H28N2O5S/c1-16-8-11-22(32-18(3)15-31-4)20(14-16)25(12-13-25)24(28)27-33(29,30)23-7-5-6-21-19(23)10-9-17(2)26-21/h5-11,14,18H,12-13,15H2,1-4H3,(H,27,28). The van der Waals surface area contributed by atoms with Crippen LogP contribution in [0, 0.1) is 13.8 Å². The average molecular weight is 469 g/mol. The van der Waals surface area contributed by atoms with Crippen LogP contribution < -0.4 is 9.46 Å². The predicted molar refractivity (Wildman–Crippen MR) is 126 cm³/mol. The van der Waals surface area contributed by atoms with Crippen LogP contribution in [-0.2, 0) is 25.0 Å². The molecule has 0 radical (unpaired) electrons. The van der Waals surface area contributed by atoms with Gasteiger partial charge in [-0.3, -0.25) is 9.78 Å². The first-order valence-corrected chi connectivity index (χ1v) is 12.3. The number of aryl methyl sites for hydroxylation is 2. The van der Waals surface area contributed by atoms with Crippen LogP contribution in [0.2, 0.25) is 0 Å². The molecule has 1 saturated carbocycles. The molecular formula is C25H28N2O5S. The third-order valence-corrected chi connectivity index (χ3v) is 7.30. The van der Waals surface area contributed by atoms with E-state index < -0.39 is 21.3 Å². The van der Waals surface area contributed by atoms with Crippen LogP contribution in [-0.4, -0.2) is 39.1 Å². The lowest BCUT2D eigenvalue weighted by Gasteiger charge is -2.22. The molecule has 1 aliphatic carbocycles. The van der Waals surface area contributed by atoms with E-state index in [0.717, 1.165) is 11.3 Å². The lowest BCUT2D eigenvalue weighted by molar-refractivity contribution is -0.121. The van der Waals surface area contributed by atoms with Gasteiger partial charge in [0.15, 0.2) is 0 Å². The number of nitrogens with zero attached hydrogens (tertiary/aromatic N) is 1. The van der Waals surface area contributed by atoms with Gasteiger partial charge < -0.3 is 9.47 Å². The summed E-state index contributed by atoms with van der Waals surface area (Å²) in [6.07, 6.45) is 0.873. The maximum absolute atomic E-state index is 13.4. The Morgan fingerprint density at radius 2 is 1.91 bits per heavy atom. The molecule has 4 rings (SSSR count). The van der Waals surface area contributed by atoms with Crippen LogP contribution in [0.4, 0.5) is 0 Å². The summed E-state index contributed by atoms with van der Waals surface area (Å²) in [5.74, 6) is 0.0226. The van der Waals surface area contributed by atoms with Gasteiger partial charge >= 0.3 is 0 Å². The highest BCUT2D eigenvalue weighted by molar-refractivity contribution is 7.90. The number of hydrogen-bond acceptors (Lipinski definition) is 6. The summed E-state index contributed by atoms with van der Waals surface area (Å²) in [6.45, 7) is 6.05. The summed E-state index contributed by atoms with van der Waals surface area (Å²) in [5, 5.41) is 0.473. The molecule has 1 unspecified atom stereocenters. The first kappa shape index (κ1) is 23.2. The number of ether oxygens (including phenoxy) is 2. The van der Waals surface area contributed by atoms with E-state index in [2.05, 4.69) is 9.71 Å². The Morgan fingerprint density at radius 1 is 1.15 bits per heavy atom. The fourth-order valence-electron chi connectivity index (χ4n) is 4.09. The lowest BCUT2D eigenvalue weighted by Crippen LogP contribution is -2.39. The van der Waals surface area contributed by atoms with Crippen molar-refractivity contribution in [3.63, 3.8) is 0 Å². The maximum atomic E-state index is 13.4. The van der Waals surface area contributed by atoms with Crippen LogP contribution in [0.25, 0.3) is 10.9 Å². The maximum Gasteiger partial charge on any atom is 0.264 e. The molecule has 1 N–H and O–H groups in total. The number of sulfonamides is 1. The molecule has 33 heavy (non-hydrogen) atoms. The fourth-order valence-corrected chi connectivity index (χ4v) is 5.36. The van der Waals surface area contributed by atoms with Gasteiger partial charge in [-0.15, -0.1) is 0 Å². The number of carbonyl (C=O) groups is 1. The van der Waals surface area contributed by atoms with Crippen molar-refractivity contribution >= 4 is 26.8 Å². The van der Waals surface area contributed by atoms with Gasteiger partial charge in [-0.05, 0) is 63.9 Å². The van der Waals surface area contributed by atoms with E-state index in [1.165, 1.54) is 6.07 Å². The van der Waals surface area contributed by atoms with E-state index >= 15 is 0 Å². The van der Waals surface area contributed by atoms with Gasteiger partial charge in [0.2, 0.25) is 5.91 Å². The Kier molecular flexibility index (Phi) is 6.16. The van der Waals surface area contributed by atoms with E-state index in [0.29, 0.717) is 41.7 Å². The lowest BCUT2D eigenvalue weighted by atomic mass is 9.93. The van der Waals surface area contributed by atoms with Gasteiger partial charge in [0.1, 0.15) is 11.9 Å². The van der Waals surface area contributed by atoms with E-state index in [4.69, 9.17) is 9.47 Å². The minimum absolute atomic E-state index is 0.0334. The Hall–Kier alpha value is -2.97. The molecule has 1 aliphatic rings. The first-order valence-electron chi connectivity index (χ1n) is 10.9. The zero-order valence-corrected chi connectivity index (χ0v) is 20.0. The molecule has 7 nitrogen and oxygen atoms in total. The van der Waals surface area contributed by atoms with E-state index in [1.807, 2.05) is 39.0 Å². The number of methoxy groups -OCH3 is 1. The van der Waals surface area contributed by atoms with Crippen molar-refractivity contribution in [1.29, 1.82) is 0 Å². The molecule has 1 atom stereocenters. The van der Waals surface area contributed by atoms with Gasteiger partial charge in [0.05, 0.1) is 22.4 Å². The van der Waals surface area contributed by atoms with Crippen LogP contribution in [0.15, 0.2) is 53.4 Å². The molecule has 8 heteroatoms. The number of amides is 1. The second-order valence-electron chi connectivity index (χ2n) is 8.68. The van der Waals surface area contributed by atoms with Gasteiger partial charge in [-0.1, -0.05) is 23.8 Å². The molecule has 0 spiro atoms. The second-order valence-corrected chi connectivity index (χ2v) is 10.3. The van der Waals surface area contributed by atoms with Gasteiger partial charge in [0.25, 0.3) is 10.0 Å². The smallest absolute Gasteiger partial charge is 0.264 e. The molecule has 1 fully saturated rings. The second kappa shape index (κ2) is 8.76. The van der Waals surface area contributed by atoms with Crippen LogP contribution >= 0.6 is 0 Å². The quantitative estimate of drug-likeness (QED) is 0.540. The van der Waals surface area contributed by atoms with E-state index in [1.54, 1.807) is 31.4 Å². The normalized spacial score (nSPS) is 15.8. The highest BCUT2D eigenvalue weighted by Crippen LogP contribution is 2.52. The van der Waals surface area contributed by atoms with Crippen molar-refractivity contribution in [1.82, 2.24) is 9.71 Å². The Labute approximate surface area is 194 Å². The molecule has 2 aromatic carbocycles. The van der Waals surface area contributed by atoms with Crippen molar-refractivity contribution < 1.29 is 22.7 Å². The van der Waals surface area contributed by atoms with Crippen molar-refractivity contribution in [3.8, 4) is 5.75 Å². The zero-order chi connectivity index (χ0) is 23.8. The molecule has 1 amide bonds. The number of fused-ring (bicyclic) bond motifs is 1. The summed E-state index contributed by atoms with van der Waals surface area (Å²) in [7, 11) is -2.51. The number of pyridine rings is 1. The summed E-state index contributed by atoms with van der Waals surface area (Å²) in [4.78, 5) is 17.8. The van der Waals surface area contributed by atoms with Crippen molar-refractivity contribution in [3.05, 3.63) is 65.4 Å². The minimum Gasteiger partial charge on any atom is -0.488 e. The SMILES string of the molecule is COCC(C)Oc1ccc(C)cc1C1(C(=O)NS(=O)(=O)c2cccc3nc(C)ccc23)CC1. The molecule has 1 aromatic heterocycles. The monoisotopic (exact) mass is 468 g/mol. The van der Waals surface area contributed by atoms with Gasteiger partial charge in [-0.2, -0.15) is 0 Å². The molecule has 3 aromatic rings. The first-order chi connectivity index (χ1) is 15.7. The van der Waals surface area contributed by atoms with Gasteiger partial charge in [-0.25, -0.2) is 13.1 Å². The third-order valence-electron chi connectivity index (χ3n) is 5.91. The zero-order valence-electron chi connectivity index (χ0n) is 19.2. The minimum atomic E-state index is -4.11. The highest BCUT2D eigenvalue weighted by atomic mass is 32.2. The van der Waals surface area contributed by atoms with E-state index in [9.17, 15) is 13.2 Å². The Bertz CT molecular complexity index is 1320. The molecule has 174 valence electrons.